The standard InChI is InChI=1S/C19H21F2NO4/c1-5-22(13-6-7-14(20)15(21)11-13)18(23)10-12-8-16(24-2)19(26-4)17(9-12)25-3/h6-9,11H,5,10H2,1-4H3. The lowest BCUT2D eigenvalue weighted by Crippen LogP contribution is -2.32. The highest BCUT2D eigenvalue weighted by Gasteiger charge is 2.19. The molecule has 0 bridgehead atoms. The van der Waals surface area contributed by atoms with Gasteiger partial charge in [-0.25, -0.2) is 8.78 Å². The van der Waals surface area contributed by atoms with Crippen LogP contribution in [0.2, 0.25) is 0 Å². The van der Waals surface area contributed by atoms with Crippen molar-refractivity contribution in [2.75, 3.05) is 32.8 Å². The molecule has 0 atom stereocenters. The number of rotatable bonds is 7. The molecule has 1 amide bonds. The Morgan fingerprint density at radius 1 is 0.962 bits per heavy atom. The molecule has 7 heteroatoms. The maximum absolute atomic E-state index is 13.5. The van der Waals surface area contributed by atoms with E-state index in [1.807, 2.05) is 0 Å². The van der Waals surface area contributed by atoms with E-state index in [0.29, 0.717) is 35.0 Å². The first-order valence-electron chi connectivity index (χ1n) is 7.99. The Hall–Kier alpha value is -2.83. The molecular weight excluding hydrogens is 344 g/mol. The first-order chi connectivity index (χ1) is 12.4. The monoisotopic (exact) mass is 365 g/mol. The minimum absolute atomic E-state index is 0.0313. The molecular formula is C19H21F2NO4. The van der Waals surface area contributed by atoms with Crippen molar-refractivity contribution in [2.24, 2.45) is 0 Å². The number of methoxy groups -OCH3 is 3. The number of carbonyl (C=O) groups is 1. The predicted molar refractivity (Wildman–Crippen MR) is 94.2 cm³/mol. The molecule has 2 rings (SSSR count). The van der Waals surface area contributed by atoms with Gasteiger partial charge in [-0.15, -0.1) is 0 Å². The number of amides is 1. The lowest BCUT2D eigenvalue weighted by atomic mass is 10.1. The van der Waals surface area contributed by atoms with Crippen LogP contribution in [0.1, 0.15) is 12.5 Å². The van der Waals surface area contributed by atoms with Gasteiger partial charge in [0.15, 0.2) is 23.1 Å². The third-order valence-corrected chi connectivity index (χ3v) is 3.91. The second-order valence-corrected chi connectivity index (χ2v) is 5.45. The van der Waals surface area contributed by atoms with E-state index in [-0.39, 0.29) is 12.3 Å². The quantitative estimate of drug-likeness (QED) is 0.752. The van der Waals surface area contributed by atoms with Crippen molar-refractivity contribution >= 4 is 11.6 Å². The van der Waals surface area contributed by atoms with Crippen molar-refractivity contribution in [3.8, 4) is 17.2 Å². The summed E-state index contributed by atoms with van der Waals surface area (Å²) in [6.07, 6.45) is 0.0313. The maximum atomic E-state index is 13.5. The lowest BCUT2D eigenvalue weighted by Gasteiger charge is -2.22. The van der Waals surface area contributed by atoms with Gasteiger partial charge in [0, 0.05) is 18.3 Å². The van der Waals surface area contributed by atoms with Gasteiger partial charge in [0.25, 0.3) is 0 Å². The highest BCUT2D eigenvalue weighted by Crippen LogP contribution is 2.38. The zero-order chi connectivity index (χ0) is 19.3. The number of halogens is 2. The van der Waals surface area contributed by atoms with Crippen LogP contribution in [0.5, 0.6) is 17.2 Å². The Morgan fingerprint density at radius 3 is 2.04 bits per heavy atom. The molecule has 0 saturated carbocycles. The van der Waals surface area contributed by atoms with Gasteiger partial charge in [0.05, 0.1) is 27.8 Å². The molecule has 0 aliphatic heterocycles. The highest BCUT2D eigenvalue weighted by atomic mass is 19.2. The van der Waals surface area contributed by atoms with E-state index < -0.39 is 11.6 Å². The number of benzene rings is 2. The molecule has 0 heterocycles. The van der Waals surface area contributed by atoms with E-state index in [1.165, 1.54) is 32.3 Å². The topological polar surface area (TPSA) is 48.0 Å². The van der Waals surface area contributed by atoms with E-state index >= 15 is 0 Å². The zero-order valence-corrected chi connectivity index (χ0v) is 15.1. The minimum atomic E-state index is -0.999. The molecule has 0 radical (unpaired) electrons. The summed E-state index contributed by atoms with van der Waals surface area (Å²) >= 11 is 0. The summed E-state index contributed by atoms with van der Waals surface area (Å²) in [5, 5.41) is 0. The number of anilines is 1. The molecule has 0 fully saturated rings. The van der Waals surface area contributed by atoms with Crippen LogP contribution in [0, 0.1) is 11.6 Å². The van der Waals surface area contributed by atoms with Crippen molar-refractivity contribution in [1.82, 2.24) is 0 Å². The summed E-state index contributed by atoms with van der Waals surface area (Å²) in [5.41, 5.74) is 0.939. The number of hydrogen-bond donors (Lipinski definition) is 0. The zero-order valence-electron chi connectivity index (χ0n) is 15.1. The van der Waals surface area contributed by atoms with Crippen LogP contribution in [0.3, 0.4) is 0 Å². The van der Waals surface area contributed by atoms with Gasteiger partial charge in [-0.1, -0.05) is 0 Å². The fraction of sp³-hybridized carbons (Fsp3) is 0.316. The van der Waals surface area contributed by atoms with Gasteiger partial charge in [-0.2, -0.15) is 0 Å². The van der Waals surface area contributed by atoms with E-state index in [4.69, 9.17) is 14.2 Å². The van der Waals surface area contributed by atoms with Crippen LogP contribution in [0.15, 0.2) is 30.3 Å². The number of hydrogen-bond acceptors (Lipinski definition) is 4. The minimum Gasteiger partial charge on any atom is -0.493 e. The number of nitrogens with zero attached hydrogens (tertiary/aromatic N) is 1. The second kappa shape index (κ2) is 8.51. The fourth-order valence-corrected chi connectivity index (χ4v) is 2.66. The van der Waals surface area contributed by atoms with Crippen LogP contribution in [-0.2, 0) is 11.2 Å². The van der Waals surface area contributed by atoms with Crippen molar-refractivity contribution in [2.45, 2.75) is 13.3 Å². The molecule has 0 N–H and O–H groups in total. The van der Waals surface area contributed by atoms with Crippen molar-refractivity contribution in [3.05, 3.63) is 47.5 Å². The van der Waals surface area contributed by atoms with Crippen molar-refractivity contribution in [3.63, 3.8) is 0 Å². The van der Waals surface area contributed by atoms with Gasteiger partial charge >= 0.3 is 0 Å². The second-order valence-electron chi connectivity index (χ2n) is 5.45. The molecule has 0 aliphatic carbocycles. The van der Waals surface area contributed by atoms with Crippen LogP contribution in [0.25, 0.3) is 0 Å². The van der Waals surface area contributed by atoms with E-state index in [9.17, 15) is 13.6 Å². The third kappa shape index (κ3) is 4.04. The fourth-order valence-electron chi connectivity index (χ4n) is 2.66. The summed E-state index contributed by atoms with van der Waals surface area (Å²) in [6.45, 7) is 2.07. The summed E-state index contributed by atoms with van der Waals surface area (Å²) in [5.74, 6) is -0.925. The third-order valence-electron chi connectivity index (χ3n) is 3.91. The van der Waals surface area contributed by atoms with Crippen LogP contribution < -0.4 is 19.1 Å². The molecule has 2 aromatic rings. The van der Waals surface area contributed by atoms with Gasteiger partial charge in [0.2, 0.25) is 11.7 Å². The van der Waals surface area contributed by atoms with Gasteiger partial charge in [-0.3, -0.25) is 4.79 Å². The Kier molecular flexibility index (Phi) is 6.38. The van der Waals surface area contributed by atoms with Crippen LogP contribution in [-0.4, -0.2) is 33.8 Å². The Morgan fingerprint density at radius 2 is 1.58 bits per heavy atom. The van der Waals surface area contributed by atoms with E-state index in [2.05, 4.69) is 0 Å². The van der Waals surface area contributed by atoms with Gasteiger partial charge < -0.3 is 19.1 Å². The van der Waals surface area contributed by atoms with Crippen LogP contribution >= 0.6 is 0 Å². The molecule has 0 saturated heterocycles. The molecule has 0 aromatic heterocycles. The summed E-state index contributed by atoms with van der Waals surface area (Å²) in [4.78, 5) is 14.1. The molecule has 0 unspecified atom stereocenters. The Labute approximate surface area is 151 Å². The Balaban J connectivity index is 2.31. The first kappa shape index (κ1) is 19.5. The molecule has 2 aromatic carbocycles. The van der Waals surface area contributed by atoms with Crippen molar-refractivity contribution in [1.29, 1.82) is 0 Å². The number of likely N-dealkylation sites (N-methyl/N-ethyl adjacent to an activating group) is 1. The molecule has 0 spiro atoms. The smallest absolute Gasteiger partial charge is 0.231 e. The van der Waals surface area contributed by atoms with Gasteiger partial charge in [-0.05, 0) is 36.8 Å². The lowest BCUT2D eigenvalue weighted by molar-refractivity contribution is -0.117. The maximum Gasteiger partial charge on any atom is 0.231 e. The number of carbonyl (C=O) groups excluding carboxylic acids is 1. The summed E-state index contributed by atoms with van der Waals surface area (Å²) < 4.78 is 42.4. The average Bonchev–Trinajstić information content (AvgIpc) is 2.64. The summed E-state index contributed by atoms with van der Waals surface area (Å²) in [7, 11) is 4.47. The highest BCUT2D eigenvalue weighted by molar-refractivity contribution is 5.94. The molecule has 5 nitrogen and oxygen atoms in total. The Bertz CT molecular complexity index is 770. The normalized spacial score (nSPS) is 10.4. The molecule has 0 aliphatic rings. The van der Waals surface area contributed by atoms with Gasteiger partial charge in [0.1, 0.15) is 0 Å². The van der Waals surface area contributed by atoms with E-state index in [1.54, 1.807) is 19.1 Å². The average molecular weight is 365 g/mol. The SMILES string of the molecule is CCN(C(=O)Cc1cc(OC)c(OC)c(OC)c1)c1ccc(F)c(F)c1. The first-order valence-corrected chi connectivity index (χ1v) is 7.99. The van der Waals surface area contributed by atoms with E-state index in [0.717, 1.165) is 12.1 Å². The summed E-state index contributed by atoms with van der Waals surface area (Å²) in [6, 6.07) is 6.73. The number of ether oxygens (including phenoxy) is 3. The molecule has 26 heavy (non-hydrogen) atoms. The van der Waals surface area contributed by atoms with Crippen molar-refractivity contribution < 1.29 is 27.8 Å². The predicted octanol–water partition coefficient (Wildman–Crippen LogP) is 3.59. The largest absolute Gasteiger partial charge is 0.493 e. The van der Waals surface area contributed by atoms with Crippen LogP contribution in [0.4, 0.5) is 14.5 Å². The molecule has 140 valence electrons.